The van der Waals surface area contributed by atoms with Crippen LogP contribution in [0, 0.1) is 5.92 Å². The number of carbonyl (C=O) groups is 1. The Hall–Kier alpha value is -1.44. The third kappa shape index (κ3) is 4.80. The Morgan fingerprint density at radius 3 is 2.36 bits per heavy atom. The molecule has 0 bridgehead atoms. The zero-order chi connectivity index (χ0) is 18.8. The van der Waals surface area contributed by atoms with Crippen LogP contribution in [0.5, 0.6) is 0 Å². The molecule has 1 fully saturated rings. The minimum Gasteiger partial charge on any atom is -0.373 e. The highest BCUT2D eigenvalue weighted by Crippen LogP contribution is 2.22. The van der Waals surface area contributed by atoms with E-state index in [-0.39, 0.29) is 29.1 Å². The van der Waals surface area contributed by atoms with Gasteiger partial charge < -0.3 is 10.1 Å². The van der Waals surface area contributed by atoms with E-state index in [2.05, 4.69) is 5.32 Å². The molecule has 0 saturated carbocycles. The minimum absolute atomic E-state index is 0.00806. The van der Waals surface area contributed by atoms with Crippen molar-refractivity contribution in [2.75, 3.05) is 13.1 Å². The van der Waals surface area contributed by atoms with E-state index < -0.39 is 10.0 Å². The zero-order valence-electron chi connectivity index (χ0n) is 15.5. The van der Waals surface area contributed by atoms with Crippen molar-refractivity contribution in [1.82, 2.24) is 9.62 Å². The number of ether oxygens (including phenoxy) is 1. The average Bonchev–Trinajstić information content (AvgIpc) is 2.53. The normalized spacial score (nSPS) is 23.4. The second-order valence-electron chi connectivity index (χ2n) is 7.11. The van der Waals surface area contributed by atoms with E-state index in [0.29, 0.717) is 24.6 Å². The molecule has 1 aliphatic heterocycles. The predicted molar refractivity (Wildman–Crippen MR) is 97.0 cm³/mol. The van der Waals surface area contributed by atoms with E-state index in [1.54, 1.807) is 12.1 Å². The van der Waals surface area contributed by atoms with Gasteiger partial charge in [0.25, 0.3) is 5.91 Å². The Bertz CT molecular complexity index is 708. The number of nitrogens with one attached hydrogen (secondary N) is 1. The highest BCUT2D eigenvalue weighted by atomic mass is 32.2. The van der Waals surface area contributed by atoms with Crippen molar-refractivity contribution in [3.63, 3.8) is 0 Å². The van der Waals surface area contributed by atoms with Gasteiger partial charge in [0.2, 0.25) is 10.0 Å². The van der Waals surface area contributed by atoms with Gasteiger partial charge in [0, 0.05) is 24.7 Å². The molecular formula is C18H28N2O4S. The number of sulfonamides is 1. The molecule has 3 atom stereocenters. The van der Waals surface area contributed by atoms with E-state index in [1.807, 2.05) is 34.6 Å². The van der Waals surface area contributed by atoms with Crippen LogP contribution in [0.15, 0.2) is 29.2 Å². The van der Waals surface area contributed by atoms with Crippen LogP contribution >= 0.6 is 0 Å². The molecule has 1 heterocycles. The van der Waals surface area contributed by atoms with E-state index in [1.165, 1.54) is 16.4 Å². The first-order valence-electron chi connectivity index (χ1n) is 8.67. The van der Waals surface area contributed by atoms with Crippen LogP contribution in [0.25, 0.3) is 0 Å². The Balaban J connectivity index is 2.23. The van der Waals surface area contributed by atoms with E-state index >= 15 is 0 Å². The summed E-state index contributed by atoms with van der Waals surface area (Å²) in [6, 6.07) is 6.22. The highest BCUT2D eigenvalue weighted by Gasteiger charge is 2.32. The molecule has 0 aromatic heterocycles. The number of morpholine rings is 1. The fraction of sp³-hybridized carbons (Fsp3) is 0.611. The molecule has 1 aliphatic rings. The largest absolute Gasteiger partial charge is 0.373 e. The van der Waals surface area contributed by atoms with Crippen LogP contribution in [0.2, 0.25) is 0 Å². The third-order valence-electron chi connectivity index (χ3n) is 4.48. The number of hydrogen-bond acceptors (Lipinski definition) is 4. The van der Waals surface area contributed by atoms with Crippen molar-refractivity contribution in [2.45, 2.75) is 57.8 Å². The maximum Gasteiger partial charge on any atom is 0.251 e. The van der Waals surface area contributed by atoms with Crippen LogP contribution < -0.4 is 5.32 Å². The van der Waals surface area contributed by atoms with Crippen LogP contribution in [0.3, 0.4) is 0 Å². The quantitative estimate of drug-likeness (QED) is 0.865. The van der Waals surface area contributed by atoms with Crippen molar-refractivity contribution in [3.8, 4) is 0 Å². The smallest absolute Gasteiger partial charge is 0.251 e. The predicted octanol–water partition coefficient (Wildman–Crippen LogP) is 2.26. The average molecular weight is 368 g/mol. The second kappa shape index (κ2) is 7.85. The number of amides is 1. The van der Waals surface area contributed by atoms with Crippen LogP contribution in [0.1, 0.15) is 45.0 Å². The lowest BCUT2D eigenvalue weighted by molar-refractivity contribution is -0.0440. The summed E-state index contributed by atoms with van der Waals surface area (Å²) in [5.41, 5.74) is 0.350. The Morgan fingerprint density at radius 2 is 1.80 bits per heavy atom. The summed E-state index contributed by atoms with van der Waals surface area (Å²) in [6.07, 6.45) is -0.311. The van der Waals surface area contributed by atoms with Crippen LogP contribution in [0.4, 0.5) is 0 Å². The fourth-order valence-corrected chi connectivity index (χ4v) is 4.37. The summed E-state index contributed by atoms with van der Waals surface area (Å²) >= 11 is 0. The zero-order valence-corrected chi connectivity index (χ0v) is 16.3. The molecule has 1 saturated heterocycles. The molecule has 7 heteroatoms. The molecule has 2 rings (SSSR count). The van der Waals surface area contributed by atoms with Gasteiger partial charge in [-0.1, -0.05) is 19.9 Å². The molecule has 0 radical (unpaired) electrons. The summed E-state index contributed by atoms with van der Waals surface area (Å²) in [7, 11) is -3.66. The number of carbonyl (C=O) groups excluding carboxylic acids is 1. The highest BCUT2D eigenvalue weighted by molar-refractivity contribution is 7.89. The van der Waals surface area contributed by atoms with Crippen LogP contribution in [-0.4, -0.2) is 50.0 Å². The van der Waals surface area contributed by atoms with Gasteiger partial charge in [-0.3, -0.25) is 4.79 Å². The first kappa shape index (κ1) is 19.9. The summed E-state index contributed by atoms with van der Waals surface area (Å²) < 4.78 is 32.9. The third-order valence-corrected chi connectivity index (χ3v) is 6.31. The molecule has 25 heavy (non-hydrogen) atoms. The molecule has 1 N–H and O–H groups in total. The van der Waals surface area contributed by atoms with Gasteiger partial charge in [0.1, 0.15) is 0 Å². The SMILES string of the molecule is CC(C)[C@H](C)NC(=O)c1cccc(S(=O)(=O)N2C[C@@H](C)O[C@H](C)C2)c1. The standard InChI is InChI=1S/C18H28N2O4S/c1-12(2)15(5)19-18(21)16-7-6-8-17(9-16)25(22,23)20-10-13(3)24-14(4)11-20/h6-9,12-15H,10-11H2,1-5H3,(H,19,21)/t13-,14-,15+/m1/s1. The number of benzene rings is 1. The molecule has 140 valence electrons. The first-order valence-corrected chi connectivity index (χ1v) is 10.1. The van der Waals surface area contributed by atoms with Crippen molar-refractivity contribution >= 4 is 15.9 Å². The summed E-state index contributed by atoms with van der Waals surface area (Å²) in [5, 5.41) is 2.90. The number of nitrogens with zero attached hydrogens (tertiary/aromatic N) is 1. The molecule has 1 aromatic rings. The van der Waals surface area contributed by atoms with Gasteiger partial charge in [-0.15, -0.1) is 0 Å². The van der Waals surface area contributed by atoms with E-state index in [0.717, 1.165) is 0 Å². The molecule has 0 aliphatic carbocycles. The Kier molecular flexibility index (Phi) is 6.24. The molecule has 1 amide bonds. The van der Waals surface area contributed by atoms with E-state index in [4.69, 9.17) is 4.74 Å². The first-order chi connectivity index (χ1) is 11.6. The molecule has 1 aromatic carbocycles. The minimum atomic E-state index is -3.66. The van der Waals surface area contributed by atoms with Gasteiger partial charge in [-0.25, -0.2) is 8.42 Å². The lowest BCUT2D eigenvalue weighted by Crippen LogP contribution is -2.48. The molecular weight excluding hydrogens is 340 g/mol. The van der Waals surface area contributed by atoms with Crippen molar-refractivity contribution in [1.29, 1.82) is 0 Å². The molecule has 0 spiro atoms. The number of rotatable bonds is 5. The van der Waals surface area contributed by atoms with Crippen molar-refractivity contribution in [3.05, 3.63) is 29.8 Å². The van der Waals surface area contributed by atoms with E-state index in [9.17, 15) is 13.2 Å². The fourth-order valence-electron chi connectivity index (χ4n) is 2.73. The number of hydrogen-bond donors (Lipinski definition) is 1. The van der Waals surface area contributed by atoms with Gasteiger partial charge in [-0.2, -0.15) is 4.31 Å². The van der Waals surface area contributed by atoms with Gasteiger partial charge in [0.15, 0.2) is 0 Å². The second-order valence-corrected chi connectivity index (χ2v) is 9.05. The molecule has 6 nitrogen and oxygen atoms in total. The summed E-state index contributed by atoms with van der Waals surface area (Å²) in [4.78, 5) is 12.5. The van der Waals surface area contributed by atoms with Crippen molar-refractivity contribution in [2.24, 2.45) is 5.92 Å². The van der Waals surface area contributed by atoms with Gasteiger partial charge >= 0.3 is 0 Å². The molecule has 0 unspecified atom stereocenters. The Labute approximate surface area is 150 Å². The van der Waals surface area contributed by atoms with Crippen LogP contribution in [-0.2, 0) is 14.8 Å². The van der Waals surface area contributed by atoms with Crippen molar-refractivity contribution < 1.29 is 17.9 Å². The van der Waals surface area contributed by atoms with Gasteiger partial charge in [-0.05, 0) is 44.9 Å². The maximum atomic E-state index is 12.9. The monoisotopic (exact) mass is 368 g/mol. The topological polar surface area (TPSA) is 75.7 Å². The lowest BCUT2D eigenvalue weighted by atomic mass is 10.1. The lowest BCUT2D eigenvalue weighted by Gasteiger charge is -2.34. The summed E-state index contributed by atoms with van der Waals surface area (Å²) in [5.74, 6) is 0.0363. The van der Waals surface area contributed by atoms with Gasteiger partial charge in [0.05, 0.1) is 17.1 Å². The summed E-state index contributed by atoms with van der Waals surface area (Å²) in [6.45, 7) is 10.3. The Morgan fingerprint density at radius 1 is 1.20 bits per heavy atom. The maximum absolute atomic E-state index is 12.9.